The van der Waals surface area contributed by atoms with Gasteiger partial charge in [0.05, 0.1) is 25.5 Å². The van der Waals surface area contributed by atoms with Crippen LogP contribution >= 0.6 is 0 Å². The maximum absolute atomic E-state index is 14.4. The summed E-state index contributed by atoms with van der Waals surface area (Å²) in [6.45, 7) is 8.17. The Morgan fingerprint density at radius 1 is 1.28 bits per heavy atom. The Morgan fingerprint density at radius 2 is 2.12 bits per heavy atom. The number of halogens is 1. The minimum Gasteiger partial charge on any atom is -0.378 e. The molecule has 2 fully saturated rings. The molecule has 0 aliphatic carbocycles. The molecule has 0 spiro atoms. The van der Waals surface area contributed by atoms with Crippen LogP contribution in [0, 0.1) is 5.82 Å². The van der Waals surface area contributed by atoms with Crippen LogP contribution < -0.4 is 10.6 Å². The monoisotopic (exact) mass is 438 g/mol. The molecule has 3 aliphatic rings. The summed E-state index contributed by atoms with van der Waals surface area (Å²) in [5, 5.41) is 6.34. The Kier molecular flexibility index (Phi) is 5.75. The molecule has 2 saturated heterocycles. The number of ether oxygens (including phenoxy) is 1. The lowest BCUT2D eigenvalue weighted by Gasteiger charge is -2.34. The van der Waals surface area contributed by atoms with Gasteiger partial charge < -0.3 is 20.3 Å². The number of hydrogen-bond acceptors (Lipinski definition) is 7. The van der Waals surface area contributed by atoms with E-state index in [2.05, 4.69) is 44.2 Å². The zero-order valence-corrected chi connectivity index (χ0v) is 17.9. The van der Waals surface area contributed by atoms with Crippen molar-refractivity contribution in [2.45, 2.75) is 38.0 Å². The van der Waals surface area contributed by atoms with Gasteiger partial charge in [0.25, 0.3) is 0 Å². The van der Waals surface area contributed by atoms with Gasteiger partial charge in [-0.05, 0) is 42.2 Å². The highest BCUT2D eigenvalue weighted by molar-refractivity contribution is 5.87. The second-order valence-electron chi connectivity index (χ2n) is 8.57. The van der Waals surface area contributed by atoms with Gasteiger partial charge in [-0.2, -0.15) is 4.98 Å². The molecule has 0 bridgehead atoms. The molecule has 5 rings (SSSR count). The highest BCUT2D eigenvalue weighted by Crippen LogP contribution is 2.30. The van der Waals surface area contributed by atoms with E-state index >= 15 is 0 Å². The smallest absolute Gasteiger partial charge is 0.246 e. The number of benzene rings is 1. The van der Waals surface area contributed by atoms with Crippen molar-refractivity contribution in [2.75, 3.05) is 36.9 Å². The minimum absolute atomic E-state index is 0.0774. The predicted octanol–water partition coefficient (Wildman–Crippen LogP) is 2.66. The molecule has 0 radical (unpaired) electrons. The summed E-state index contributed by atoms with van der Waals surface area (Å²) in [5.74, 6) is -0.166. The Bertz CT molecular complexity index is 1030. The fourth-order valence-electron chi connectivity index (χ4n) is 4.47. The van der Waals surface area contributed by atoms with Crippen molar-refractivity contribution < 1.29 is 13.9 Å². The highest BCUT2D eigenvalue weighted by Gasteiger charge is 2.30. The third kappa shape index (κ3) is 4.31. The van der Waals surface area contributed by atoms with Crippen molar-refractivity contribution in [1.82, 2.24) is 19.8 Å². The van der Waals surface area contributed by atoms with Gasteiger partial charge in [-0.1, -0.05) is 12.6 Å². The molecule has 4 heterocycles. The topological polar surface area (TPSA) is 82.6 Å². The lowest BCUT2D eigenvalue weighted by Crippen LogP contribution is -2.46. The van der Waals surface area contributed by atoms with Crippen LogP contribution in [0.5, 0.6) is 0 Å². The summed E-state index contributed by atoms with van der Waals surface area (Å²) in [7, 11) is 0. The third-order valence-corrected chi connectivity index (χ3v) is 6.34. The van der Waals surface area contributed by atoms with Gasteiger partial charge in [0.2, 0.25) is 11.9 Å². The van der Waals surface area contributed by atoms with Gasteiger partial charge in [-0.25, -0.2) is 9.37 Å². The second-order valence-corrected chi connectivity index (χ2v) is 8.57. The first-order valence-corrected chi connectivity index (χ1v) is 11.0. The molecule has 3 aliphatic heterocycles. The van der Waals surface area contributed by atoms with Crippen molar-refractivity contribution in [3.8, 4) is 0 Å². The number of carbonyl (C=O) groups is 1. The number of nitrogens with one attached hydrogen (secondary N) is 2. The summed E-state index contributed by atoms with van der Waals surface area (Å²) in [4.78, 5) is 24.5. The lowest BCUT2D eigenvalue weighted by atomic mass is 10.1. The maximum Gasteiger partial charge on any atom is 0.246 e. The molecule has 0 saturated carbocycles. The van der Waals surface area contributed by atoms with Gasteiger partial charge in [-0.3, -0.25) is 9.69 Å². The number of amides is 1. The molecule has 8 nitrogen and oxygen atoms in total. The van der Waals surface area contributed by atoms with Gasteiger partial charge in [0.1, 0.15) is 0 Å². The molecule has 1 aromatic heterocycles. The molecule has 1 atom stereocenters. The van der Waals surface area contributed by atoms with Gasteiger partial charge in [0.15, 0.2) is 11.6 Å². The van der Waals surface area contributed by atoms with Crippen LogP contribution in [0.15, 0.2) is 37.1 Å². The first-order chi connectivity index (χ1) is 15.6. The second kappa shape index (κ2) is 8.84. The molecule has 168 valence electrons. The first-order valence-electron chi connectivity index (χ1n) is 11.0. The normalized spacial score (nSPS) is 21.0. The van der Waals surface area contributed by atoms with Crippen LogP contribution in [0.3, 0.4) is 0 Å². The van der Waals surface area contributed by atoms with E-state index in [0.29, 0.717) is 25.1 Å². The van der Waals surface area contributed by atoms with Crippen molar-refractivity contribution in [3.63, 3.8) is 0 Å². The predicted molar refractivity (Wildman–Crippen MR) is 119 cm³/mol. The standard InChI is InChI=1S/C23H27FN6O2/c1-2-21(31)29-7-3-4-18(12-29)26-22-20(24)9-25-23(28-22)27-17-6-5-15-10-30(11-16(15)8-17)19-13-32-14-19/h2,5-6,8-9,18-19H,1,3-4,7,10-14H2,(H2,25,26,27,28)/t18-/m1/s1. The number of hydrogen-bond donors (Lipinski definition) is 2. The number of anilines is 3. The van der Waals surface area contributed by atoms with Gasteiger partial charge in [-0.15, -0.1) is 0 Å². The number of carbonyl (C=O) groups excluding carboxylic acids is 1. The van der Waals surface area contributed by atoms with Crippen molar-refractivity contribution in [2.24, 2.45) is 0 Å². The summed E-state index contributed by atoms with van der Waals surface area (Å²) in [5.41, 5.74) is 3.46. The molecule has 2 N–H and O–H groups in total. The Labute approximate surface area is 186 Å². The molecular weight excluding hydrogens is 411 g/mol. The fourth-order valence-corrected chi connectivity index (χ4v) is 4.47. The zero-order chi connectivity index (χ0) is 22.1. The van der Waals surface area contributed by atoms with E-state index in [4.69, 9.17) is 4.74 Å². The Balaban J connectivity index is 1.25. The number of fused-ring (bicyclic) bond motifs is 1. The molecule has 1 aromatic carbocycles. The van der Waals surface area contributed by atoms with E-state index in [0.717, 1.165) is 44.8 Å². The fraction of sp³-hybridized carbons (Fsp3) is 0.435. The number of rotatable bonds is 6. The van der Waals surface area contributed by atoms with E-state index in [1.165, 1.54) is 23.4 Å². The molecule has 1 amide bonds. The van der Waals surface area contributed by atoms with E-state index in [9.17, 15) is 9.18 Å². The van der Waals surface area contributed by atoms with Gasteiger partial charge in [0, 0.05) is 37.9 Å². The number of nitrogens with zero attached hydrogens (tertiary/aromatic N) is 4. The summed E-state index contributed by atoms with van der Waals surface area (Å²) in [6, 6.07) is 6.65. The van der Waals surface area contributed by atoms with Crippen LogP contribution in [0.2, 0.25) is 0 Å². The van der Waals surface area contributed by atoms with E-state index < -0.39 is 5.82 Å². The lowest BCUT2D eigenvalue weighted by molar-refractivity contribution is -0.127. The van der Waals surface area contributed by atoms with Gasteiger partial charge >= 0.3 is 0 Å². The average Bonchev–Trinajstić information content (AvgIpc) is 3.17. The minimum atomic E-state index is -0.518. The van der Waals surface area contributed by atoms with Crippen LogP contribution in [-0.2, 0) is 22.6 Å². The van der Waals surface area contributed by atoms with Crippen LogP contribution in [0.25, 0.3) is 0 Å². The zero-order valence-electron chi connectivity index (χ0n) is 17.9. The van der Waals surface area contributed by atoms with E-state index in [1.807, 2.05) is 6.07 Å². The SMILES string of the molecule is C=CC(=O)N1CCC[C@@H](Nc2nc(Nc3ccc4c(c3)CN(C3COC3)C4)ncc2F)C1. The quantitative estimate of drug-likeness (QED) is 0.671. The third-order valence-electron chi connectivity index (χ3n) is 6.34. The van der Waals surface area contributed by atoms with Crippen LogP contribution in [0.4, 0.5) is 21.8 Å². The van der Waals surface area contributed by atoms with E-state index in [-0.39, 0.29) is 17.8 Å². The highest BCUT2D eigenvalue weighted by atomic mass is 19.1. The van der Waals surface area contributed by atoms with Crippen LogP contribution in [0.1, 0.15) is 24.0 Å². The maximum atomic E-state index is 14.4. The van der Waals surface area contributed by atoms with Crippen LogP contribution in [-0.4, -0.2) is 64.1 Å². The van der Waals surface area contributed by atoms with Crippen molar-refractivity contribution in [3.05, 3.63) is 54.0 Å². The van der Waals surface area contributed by atoms with Crippen molar-refractivity contribution in [1.29, 1.82) is 0 Å². The van der Waals surface area contributed by atoms with E-state index in [1.54, 1.807) is 4.90 Å². The van der Waals surface area contributed by atoms with Crippen molar-refractivity contribution >= 4 is 23.4 Å². The summed E-state index contributed by atoms with van der Waals surface area (Å²) in [6.07, 6.45) is 4.15. The molecule has 9 heteroatoms. The number of aromatic nitrogens is 2. The summed E-state index contributed by atoms with van der Waals surface area (Å²) < 4.78 is 19.7. The average molecular weight is 439 g/mol. The number of piperidine rings is 1. The Hall–Kier alpha value is -3.04. The molecule has 2 aromatic rings. The Morgan fingerprint density at radius 3 is 2.91 bits per heavy atom. The largest absolute Gasteiger partial charge is 0.378 e. The number of likely N-dealkylation sites (tertiary alicyclic amines) is 1. The summed E-state index contributed by atoms with van der Waals surface area (Å²) >= 11 is 0. The molecule has 32 heavy (non-hydrogen) atoms. The molecule has 0 unspecified atom stereocenters. The first kappa shape index (κ1) is 20.8. The molecular formula is C23H27FN6O2.